The van der Waals surface area contributed by atoms with Crippen LogP contribution < -0.4 is 0 Å². The minimum absolute atomic E-state index is 0.00557. The van der Waals surface area contributed by atoms with Crippen LogP contribution in [0.4, 0.5) is 4.39 Å². The van der Waals surface area contributed by atoms with E-state index in [-0.39, 0.29) is 71.3 Å². The van der Waals surface area contributed by atoms with Crippen molar-refractivity contribution >= 4 is 58.3 Å². The number of fused-ring (bicyclic) bond motifs is 12. The largest absolute Gasteiger partial charge is 0.458 e. The van der Waals surface area contributed by atoms with Crippen molar-refractivity contribution in [1.29, 1.82) is 0 Å². The monoisotopic (exact) mass is 1020 g/mol. The summed E-state index contributed by atoms with van der Waals surface area (Å²) in [6.07, 6.45) is 14.7. The van der Waals surface area contributed by atoms with Gasteiger partial charge in [-0.3, -0.25) is 24.0 Å². The van der Waals surface area contributed by atoms with Crippen molar-refractivity contribution in [3.63, 3.8) is 0 Å². The number of hydrogen-bond acceptors (Lipinski definition) is 13. The molecule has 1 spiro atoms. The van der Waals surface area contributed by atoms with E-state index < -0.39 is 92.0 Å². The van der Waals surface area contributed by atoms with Crippen molar-refractivity contribution in [3.8, 4) is 0 Å². The average Bonchev–Trinajstić information content (AvgIpc) is 4.16. The number of rotatable bonds is 7. The molecule has 0 aromatic carbocycles. The van der Waals surface area contributed by atoms with Gasteiger partial charge in [0, 0.05) is 53.3 Å². The number of aliphatic hydroxyl groups excluding tert-OH is 2. The first-order valence-electron chi connectivity index (χ1n) is 25.4. The zero-order valence-corrected chi connectivity index (χ0v) is 42.7. The first-order valence-corrected chi connectivity index (χ1v) is 26.3. The van der Waals surface area contributed by atoms with E-state index in [1.807, 2.05) is 33.8 Å². The number of furan rings is 1. The molecule has 1 aliphatic heterocycles. The number of esters is 2. The predicted octanol–water partition coefficient (Wildman–Crippen LogP) is 8.39. The van der Waals surface area contributed by atoms with Crippen LogP contribution >= 0.6 is 23.2 Å². The van der Waals surface area contributed by atoms with Gasteiger partial charge in [-0.1, -0.05) is 51.0 Å². The highest BCUT2D eigenvalue weighted by atomic mass is 35.5. The first-order chi connectivity index (χ1) is 33.4. The van der Waals surface area contributed by atoms with Gasteiger partial charge in [-0.05, 0) is 125 Å². The minimum atomic E-state index is -2.00. The van der Waals surface area contributed by atoms with Crippen molar-refractivity contribution in [3.05, 3.63) is 71.8 Å². The number of hydrogen-bond donors (Lipinski definition) is 2. The van der Waals surface area contributed by atoms with E-state index in [1.165, 1.54) is 37.5 Å². The Labute approximate surface area is 423 Å². The summed E-state index contributed by atoms with van der Waals surface area (Å²) < 4.78 is 47.2. The molecule has 384 valence electrons. The van der Waals surface area contributed by atoms with E-state index >= 15 is 4.39 Å². The minimum Gasteiger partial charge on any atom is -0.458 e. The van der Waals surface area contributed by atoms with Crippen LogP contribution in [-0.2, 0) is 42.9 Å². The maximum absolute atomic E-state index is 17.4. The lowest BCUT2D eigenvalue weighted by Gasteiger charge is -2.64. The molecule has 16 heteroatoms. The molecule has 2 heterocycles. The predicted molar refractivity (Wildman–Crippen MR) is 255 cm³/mol. The summed E-state index contributed by atoms with van der Waals surface area (Å²) in [6, 6.07) is 3.07. The second-order valence-electron chi connectivity index (χ2n) is 23.3. The lowest BCUT2D eigenvalue weighted by atomic mass is 9.44. The number of carbonyl (C=O) groups is 6. The molecule has 0 amide bonds. The molecule has 0 radical (unpaired) electrons. The fraction of sp³-hybridized carbons (Fsp3) is 0.673. The van der Waals surface area contributed by atoms with Crippen LogP contribution in [0.2, 0.25) is 0 Å². The summed E-state index contributed by atoms with van der Waals surface area (Å²) in [7, 11) is 0. The molecule has 11 rings (SSSR count). The number of Topliss-reactive ketones (excluding diaryl/α,β-unsaturated/α-hetero) is 2. The van der Waals surface area contributed by atoms with Gasteiger partial charge in [0.05, 0.1) is 35.3 Å². The third kappa shape index (κ3) is 6.61. The standard InChI is InChI=1S/C28H35FO7.C27H30Cl2O6/c1-16(30)34-15-22(33)28-23(35-26(36-28)9-4-5-10-26)13-20-19-7-6-17-12-18(31)8-11-24(17,2)27(19,29)21(32)14-25(20,28)3;1-15-11-19-18-7-6-16-12-17(30)8-9-24(16,2)26(18,29)21(31)13-25(19,3)27(15,22(32)14-28)35-23(33)20-5-4-10-34-20/h8,11-12,19-21,23,32H,4-7,9-10,13-15H2,1-3H3;4-5,8-10,12,15,18-19,21,31H,6-7,11,13-14H2,1-3H3/t19-,20-,21-,23+,24-,25-,27-,28+;15-,18+,19+,21+,24+,25+,26+,27+/m01/s1. The molecular formula is C55H65Cl2FO13. The van der Waals surface area contributed by atoms with Crippen molar-refractivity contribution in [1.82, 2.24) is 0 Å². The SMILES string of the molecule is CC(=O)OCC(=O)[C@@]12OC3(CCCC3)O[C@@H]1C[C@H]1[C@@H]3CCC4=CC(=O)C=C[C@]4(C)[C@@]3(F)[C@@H](O)C[C@@]12C.C[C@@H]1C[C@H]2[C@@H]3CCC4=CC(=O)C=C[C@]4(C)[C@@]3(Cl)[C@@H](O)C[C@]2(C)[C@@]1(OC(=O)c1ccco1)C(=O)CCl. The molecule has 1 saturated heterocycles. The highest BCUT2D eigenvalue weighted by Crippen LogP contribution is 2.75. The first kappa shape index (κ1) is 50.7. The third-order valence-electron chi connectivity index (χ3n) is 20.4. The lowest BCUT2D eigenvalue weighted by Crippen LogP contribution is -2.70. The van der Waals surface area contributed by atoms with Crippen LogP contribution in [0.5, 0.6) is 0 Å². The molecule has 0 unspecified atom stereocenters. The van der Waals surface area contributed by atoms with Gasteiger partial charge in [-0.2, -0.15) is 0 Å². The molecule has 8 fully saturated rings. The summed E-state index contributed by atoms with van der Waals surface area (Å²) in [5.41, 5.74) is -6.92. The highest BCUT2D eigenvalue weighted by Gasteiger charge is 2.81. The van der Waals surface area contributed by atoms with Crippen molar-refractivity contribution < 1.29 is 66.7 Å². The number of aliphatic hydroxyl groups is 2. The maximum Gasteiger partial charge on any atom is 0.375 e. The smallest absolute Gasteiger partial charge is 0.375 e. The van der Waals surface area contributed by atoms with Gasteiger partial charge >= 0.3 is 11.9 Å². The Balaban J connectivity index is 0.000000164. The van der Waals surface area contributed by atoms with Gasteiger partial charge in [0.25, 0.3) is 0 Å². The fourth-order valence-electron chi connectivity index (χ4n) is 17.1. The van der Waals surface area contributed by atoms with Crippen molar-refractivity contribution in [2.24, 2.45) is 51.2 Å². The topological polar surface area (TPSA) is 193 Å². The summed E-state index contributed by atoms with van der Waals surface area (Å²) in [4.78, 5) is 75.3. The van der Waals surface area contributed by atoms with E-state index in [1.54, 1.807) is 25.1 Å². The van der Waals surface area contributed by atoms with Crippen LogP contribution in [0.3, 0.4) is 0 Å². The number of halogens is 3. The molecule has 2 N–H and O–H groups in total. The summed E-state index contributed by atoms with van der Waals surface area (Å²) in [5.74, 6) is -4.92. The summed E-state index contributed by atoms with van der Waals surface area (Å²) in [6.45, 7) is 10.3. The maximum atomic E-state index is 17.4. The molecule has 1 aromatic heterocycles. The van der Waals surface area contributed by atoms with Crippen LogP contribution in [0.1, 0.15) is 129 Å². The van der Waals surface area contributed by atoms with Gasteiger partial charge in [0.2, 0.25) is 11.5 Å². The average molecular weight is 1020 g/mol. The van der Waals surface area contributed by atoms with Gasteiger partial charge in [-0.15, -0.1) is 23.2 Å². The number of ether oxygens (including phenoxy) is 4. The molecule has 10 aliphatic rings. The Kier molecular flexibility index (Phi) is 12.0. The number of alkyl halides is 3. The second kappa shape index (κ2) is 16.9. The fourth-order valence-corrected chi connectivity index (χ4v) is 17.8. The molecule has 1 aromatic rings. The quantitative estimate of drug-likeness (QED) is 0.196. The van der Waals surface area contributed by atoms with Gasteiger partial charge in [-0.25, -0.2) is 9.18 Å². The Bertz CT molecular complexity index is 2580. The van der Waals surface area contributed by atoms with E-state index in [0.29, 0.717) is 56.9 Å². The van der Waals surface area contributed by atoms with Gasteiger partial charge < -0.3 is 33.6 Å². The van der Waals surface area contributed by atoms with Crippen molar-refractivity contribution in [2.45, 2.75) is 164 Å². The molecule has 7 saturated carbocycles. The number of allylic oxidation sites excluding steroid dienone is 8. The molecular weight excluding hydrogens is 958 g/mol. The molecule has 71 heavy (non-hydrogen) atoms. The van der Waals surface area contributed by atoms with E-state index in [4.69, 9.17) is 46.6 Å². The zero-order chi connectivity index (χ0) is 51.1. The van der Waals surface area contributed by atoms with Crippen LogP contribution in [-0.4, -0.2) is 104 Å². The Hall–Kier alpha value is -3.79. The van der Waals surface area contributed by atoms with Crippen LogP contribution in [0.15, 0.2) is 70.4 Å². The lowest BCUT2D eigenvalue weighted by molar-refractivity contribution is -0.253. The third-order valence-corrected chi connectivity index (χ3v) is 21.6. The van der Waals surface area contributed by atoms with Crippen LogP contribution in [0, 0.1) is 51.2 Å². The van der Waals surface area contributed by atoms with E-state index in [0.717, 1.165) is 18.4 Å². The molecule has 16 atom stereocenters. The molecule has 0 bridgehead atoms. The normalized spacial score (nSPS) is 46.2. The van der Waals surface area contributed by atoms with Gasteiger partial charge in [0.1, 0.15) is 0 Å². The van der Waals surface area contributed by atoms with E-state index in [2.05, 4.69) is 0 Å². The summed E-state index contributed by atoms with van der Waals surface area (Å²) >= 11 is 13.6. The molecule has 9 aliphatic carbocycles. The Morgan fingerprint density at radius 2 is 1.44 bits per heavy atom. The van der Waals surface area contributed by atoms with Gasteiger partial charge in [0.15, 0.2) is 46.6 Å². The van der Waals surface area contributed by atoms with E-state index in [9.17, 15) is 39.0 Å². The highest BCUT2D eigenvalue weighted by molar-refractivity contribution is 6.29. The number of ketones is 4. The van der Waals surface area contributed by atoms with Crippen molar-refractivity contribution in [2.75, 3.05) is 12.5 Å². The Morgan fingerprint density at radius 1 is 0.831 bits per heavy atom. The van der Waals surface area contributed by atoms with Crippen LogP contribution in [0.25, 0.3) is 0 Å². The second-order valence-corrected chi connectivity index (χ2v) is 24.2. The zero-order valence-electron chi connectivity index (χ0n) is 41.2. The molecule has 13 nitrogen and oxygen atoms in total. The summed E-state index contributed by atoms with van der Waals surface area (Å²) in [5, 5.41) is 23.4. The Morgan fingerprint density at radius 3 is 2.06 bits per heavy atom. The number of carbonyl (C=O) groups excluding carboxylic acids is 6.